The van der Waals surface area contributed by atoms with Crippen LogP contribution in [-0.4, -0.2) is 23.0 Å². The molecule has 3 N–H and O–H groups in total. The Morgan fingerprint density at radius 1 is 1.28 bits per heavy atom. The Kier molecular flexibility index (Phi) is 6.05. The average molecular weight is 275 g/mol. The Morgan fingerprint density at radius 2 is 2.00 bits per heavy atom. The molecule has 0 fully saturated rings. The lowest BCUT2D eigenvalue weighted by atomic mass is 9.98. The topological polar surface area (TPSA) is 46.2 Å². The van der Waals surface area contributed by atoms with E-state index in [1.165, 1.54) is 17.8 Å². The second-order valence-electron chi connectivity index (χ2n) is 4.69. The highest BCUT2D eigenvalue weighted by molar-refractivity contribution is 7.99. The summed E-state index contributed by atoms with van der Waals surface area (Å²) >= 11 is 1.49. The zero-order valence-corrected chi connectivity index (χ0v) is 11.3. The highest BCUT2D eigenvalue weighted by Gasteiger charge is 2.15. The molecule has 0 saturated carbocycles. The summed E-state index contributed by atoms with van der Waals surface area (Å²) in [6.07, 6.45) is 2.59. The summed E-state index contributed by atoms with van der Waals surface area (Å²) in [6.45, 7) is 1.79. The lowest BCUT2D eigenvalue weighted by Crippen LogP contribution is -2.39. The lowest BCUT2D eigenvalue weighted by Gasteiger charge is -2.21. The molecule has 0 heterocycles. The average Bonchev–Trinajstić information content (AvgIpc) is 2.33. The highest BCUT2D eigenvalue weighted by Crippen LogP contribution is 2.22. The van der Waals surface area contributed by atoms with Crippen LogP contribution in [0.1, 0.15) is 26.2 Å². The number of aliphatic hydroxyl groups excluding tert-OH is 1. The van der Waals surface area contributed by atoms with Crippen molar-refractivity contribution in [3.05, 3.63) is 29.8 Å². The minimum Gasteiger partial charge on any atom is -0.394 e. The smallest absolute Gasteiger partial charge is 0.159 e. The van der Waals surface area contributed by atoms with E-state index in [1.54, 1.807) is 6.07 Å². The number of benzene rings is 1. The van der Waals surface area contributed by atoms with Gasteiger partial charge in [0, 0.05) is 10.4 Å². The van der Waals surface area contributed by atoms with Gasteiger partial charge in [0.05, 0.1) is 6.61 Å². The van der Waals surface area contributed by atoms with Crippen LogP contribution in [0.3, 0.4) is 0 Å². The molecule has 1 rings (SSSR count). The van der Waals surface area contributed by atoms with Gasteiger partial charge < -0.3 is 10.8 Å². The summed E-state index contributed by atoms with van der Waals surface area (Å²) in [5.41, 5.74) is 5.28. The number of aliphatic hydroxyl groups is 1. The first kappa shape index (κ1) is 15.4. The standard InChI is InChI=1S/C13H19F2NOS/c1-13(16,9-17)6-2-3-7-18-10-4-5-11(14)12(15)8-10/h4-5,8,17H,2-3,6-7,9,16H2,1H3. The molecule has 0 spiro atoms. The van der Waals surface area contributed by atoms with Gasteiger partial charge in [0.25, 0.3) is 0 Å². The number of unbranched alkanes of at least 4 members (excludes halogenated alkanes) is 1. The van der Waals surface area contributed by atoms with E-state index in [0.29, 0.717) is 0 Å². The van der Waals surface area contributed by atoms with Gasteiger partial charge in [0.15, 0.2) is 11.6 Å². The summed E-state index contributed by atoms with van der Waals surface area (Å²) in [4.78, 5) is 0.728. The Bertz CT molecular complexity index is 385. The summed E-state index contributed by atoms with van der Waals surface area (Å²) in [5, 5.41) is 8.98. The fourth-order valence-electron chi connectivity index (χ4n) is 1.47. The van der Waals surface area contributed by atoms with E-state index in [2.05, 4.69) is 0 Å². The maximum Gasteiger partial charge on any atom is 0.159 e. The molecule has 2 nitrogen and oxygen atoms in total. The number of hydrogen-bond acceptors (Lipinski definition) is 3. The van der Waals surface area contributed by atoms with Crippen LogP contribution in [0.2, 0.25) is 0 Å². The molecule has 0 aliphatic rings. The third kappa shape index (κ3) is 5.33. The molecule has 1 aromatic rings. The van der Waals surface area contributed by atoms with E-state index in [-0.39, 0.29) is 6.61 Å². The first-order valence-corrected chi connectivity index (χ1v) is 6.91. The maximum absolute atomic E-state index is 12.9. The van der Waals surface area contributed by atoms with Crippen molar-refractivity contribution >= 4 is 11.8 Å². The fraction of sp³-hybridized carbons (Fsp3) is 0.538. The molecule has 0 amide bonds. The third-order valence-electron chi connectivity index (χ3n) is 2.66. The van der Waals surface area contributed by atoms with Crippen molar-refractivity contribution in [2.45, 2.75) is 36.6 Å². The Hall–Kier alpha value is -0.650. The first-order valence-electron chi connectivity index (χ1n) is 5.92. The largest absolute Gasteiger partial charge is 0.394 e. The molecule has 1 aromatic carbocycles. The predicted molar refractivity (Wildman–Crippen MR) is 70.6 cm³/mol. The van der Waals surface area contributed by atoms with Crippen molar-refractivity contribution in [1.29, 1.82) is 0 Å². The van der Waals surface area contributed by atoms with Gasteiger partial charge in [-0.3, -0.25) is 0 Å². The van der Waals surface area contributed by atoms with Crippen molar-refractivity contribution in [3.8, 4) is 0 Å². The molecule has 0 radical (unpaired) electrons. The molecule has 0 aromatic heterocycles. The normalized spacial score (nSPS) is 14.5. The summed E-state index contributed by atoms with van der Waals surface area (Å²) < 4.78 is 25.6. The monoisotopic (exact) mass is 275 g/mol. The number of rotatable bonds is 7. The van der Waals surface area contributed by atoms with E-state index in [9.17, 15) is 8.78 Å². The second-order valence-corrected chi connectivity index (χ2v) is 5.86. The zero-order valence-electron chi connectivity index (χ0n) is 10.5. The molecule has 0 aliphatic heterocycles. The number of hydrogen-bond donors (Lipinski definition) is 2. The van der Waals surface area contributed by atoms with Crippen molar-refractivity contribution < 1.29 is 13.9 Å². The molecular formula is C13H19F2NOS. The summed E-state index contributed by atoms with van der Waals surface area (Å²) in [7, 11) is 0. The van der Waals surface area contributed by atoms with Crippen molar-refractivity contribution in [2.24, 2.45) is 5.73 Å². The molecule has 102 valence electrons. The highest BCUT2D eigenvalue weighted by atomic mass is 32.2. The van der Waals surface area contributed by atoms with Crippen LogP contribution in [0, 0.1) is 11.6 Å². The van der Waals surface area contributed by atoms with Crippen LogP contribution in [0.5, 0.6) is 0 Å². The van der Waals surface area contributed by atoms with Gasteiger partial charge in [0.2, 0.25) is 0 Å². The molecule has 5 heteroatoms. The quantitative estimate of drug-likeness (QED) is 0.594. The van der Waals surface area contributed by atoms with E-state index < -0.39 is 17.2 Å². The second kappa shape index (κ2) is 7.07. The Labute approximate surface area is 111 Å². The molecular weight excluding hydrogens is 256 g/mol. The van der Waals surface area contributed by atoms with Gasteiger partial charge in [-0.05, 0) is 43.7 Å². The van der Waals surface area contributed by atoms with Crippen LogP contribution >= 0.6 is 11.8 Å². The SMILES string of the molecule is CC(N)(CO)CCCCSc1ccc(F)c(F)c1. The minimum absolute atomic E-state index is 0.0245. The molecule has 1 atom stereocenters. The van der Waals surface area contributed by atoms with Gasteiger partial charge in [-0.15, -0.1) is 11.8 Å². The zero-order chi connectivity index (χ0) is 13.6. The summed E-state index contributed by atoms with van der Waals surface area (Å²) in [5.74, 6) is -0.803. The van der Waals surface area contributed by atoms with Gasteiger partial charge in [0.1, 0.15) is 0 Å². The van der Waals surface area contributed by atoms with Crippen LogP contribution in [-0.2, 0) is 0 Å². The van der Waals surface area contributed by atoms with Crippen LogP contribution in [0.4, 0.5) is 8.78 Å². The van der Waals surface area contributed by atoms with Gasteiger partial charge in [-0.25, -0.2) is 8.78 Å². The maximum atomic E-state index is 12.9. The molecule has 1 unspecified atom stereocenters. The van der Waals surface area contributed by atoms with Crippen molar-refractivity contribution in [1.82, 2.24) is 0 Å². The number of nitrogens with two attached hydrogens (primary N) is 1. The number of halogens is 2. The van der Waals surface area contributed by atoms with Gasteiger partial charge >= 0.3 is 0 Å². The van der Waals surface area contributed by atoms with Crippen LogP contribution in [0.15, 0.2) is 23.1 Å². The number of thioether (sulfide) groups is 1. The van der Waals surface area contributed by atoms with Crippen LogP contribution < -0.4 is 5.73 Å². The molecule has 0 saturated heterocycles. The summed E-state index contributed by atoms with van der Waals surface area (Å²) in [6, 6.07) is 3.92. The molecule has 0 bridgehead atoms. The van der Waals surface area contributed by atoms with Gasteiger partial charge in [-0.1, -0.05) is 6.42 Å². The van der Waals surface area contributed by atoms with E-state index in [0.717, 1.165) is 36.0 Å². The molecule has 18 heavy (non-hydrogen) atoms. The fourth-order valence-corrected chi connectivity index (χ4v) is 2.40. The van der Waals surface area contributed by atoms with Crippen molar-refractivity contribution in [3.63, 3.8) is 0 Å². The molecule has 0 aliphatic carbocycles. The third-order valence-corrected chi connectivity index (χ3v) is 3.74. The van der Waals surface area contributed by atoms with Crippen molar-refractivity contribution in [2.75, 3.05) is 12.4 Å². The van der Waals surface area contributed by atoms with E-state index in [4.69, 9.17) is 10.8 Å². The van der Waals surface area contributed by atoms with Gasteiger partial charge in [-0.2, -0.15) is 0 Å². The lowest BCUT2D eigenvalue weighted by molar-refractivity contribution is 0.198. The van der Waals surface area contributed by atoms with E-state index >= 15 is 0 Å². The Balaban J connectivity index is 2.24. The Morgan fingerprint density at radius 3 is 2.61 bits per heavy atom. The predicted octanol–water partition coefficient (Wildman–Crippen LogP) is 2.94. The minimum atomic E-state index is -0.818. The van der Waals surface area contributed by atoms with E-state index in [1.807, 2.05) is 6.92 Å². The van der Waals surface area contributed by atoms with Crippen LogP contribution in [0.25, 0.3) is 0 Å². The first-order chi connectivity index (χ1) is 8.44.